The van der Waals surface area contributed by atoms with Gasteiger partial charge in [-0.3, -0.25) is 4.79 Å². The highest BCUT2D eigenvalue weighted by molar-refractivity contribution is 6.03. The molecule has 126 valence electrons. The minimum Gasteiger partial charge on any atom is -0.370 e. The molecule has 3 rings (SSSR count). The summed E-state index contributed by atoms with van der Waals surface area (Å²) in [7, 11) is 0. The smallest absolute Gasteiger partial charge is 0.274 e. The molecule has 1 aromatic heterocycles. The number of aryl methyl sites for hydroxylation is 2. The maximum atomic E-state index is 12.4. The fourth-order valence-electron chi connectivity index (χ4n) is 2.99. The van der Waals surface area contributed by atoms with E-state index in [0.717, 1.165) is 35.9 Å². The van der Waals surface area contributed by atoms with Crippen molar-refractivity contribution < 1.29 is 4.79 Å². The van der Waals surface area contributed by atoms with Crippen LogP contribution in [0.2, 0.25) is 0 Å². The molecule has 1 aliphatic rings. The lowest BCUT2D eigenvalue weighted by Crippen LogP contribution is -2.32. The van der Waals surface area contributed by atoms with E-state index in [9.17, 15) is 4.79 Å². The first-order valence-electron chi connectivity index (χ1n) is 8.62. The topological polar surface area (TPSA) is 45.2 Å². The van der Waals surface area contributed by atoms with Crippen molar-refractivity contribution in [2.24, 2.45) is 5.92 Å². The Kier molecular flexibility index (Phi) is 4.84. The zero-order valence-electron chi connectivity index (χ0n) is 14.7. The second kappa shape index (κ2) is 7.04. The van der Waals surface area contributed by atoms with E-state index in [1.54, 1.807) is 0 Å². The predicted octanol–water partition coefficient (Wildman–Crippen LogP) is 4.19. The molecule has 0 radical (unpaired) electrons. The zero-order chi connectivity index (χ0) is 17.1. The monoisotopic (exact) mass is 323 g/mol. The maximum Gasteiger partial charge on any atom is 0.274 e. The van der Waals surface area contributed by atoms with Crippen LogP contribution in [-0.4, -0.2) is 24.0 Å². The summed E-state index contributed by atoms with van der Waals surface area (Å²) < 4.78 is 0. The SMILES string of the molecule is Cc1ccc(NC(=O)c2ccc(N3CCC(C)CC3)cn2)cc1C. The number of benzene rings is 1. The number of carbonyl (C=O) groups excluding carboxylic acids is 1. The van der Waals surface area contributed by atoms with Crippen molar-refractivity contribution in [2.75, 3.05) is 23.3 Å². The lowest BCUT2D eigenvalue weighted by atomic mass is 9.99. The van der Waals surface area contributed by atoms with Crippen molar-refractivity contribution in [3.8, 4) is 0 Å². The van der Waals surface area contributed by atoms with Crippen LogP contribution in [0, 0.1) is 19.8 Å². The van der Waals surface area contributed by atoms with Crippen molar-refractivity contribution in [3.05, 3.63) is 53.3 Å². The number of hydrogen-bond donors (Lipinski definition) is 1. The Morgan fingerprint density at radius 3 is 2.50 bits per heavy atom. The molecule has 4 heteroatoms. The van der Waals surface area contributed by atoms with Crippen LogP contribution in [0.15, 0.2) is 36.5 Å². The van der Waals surface area contributed by atoms with Gasteiger partial charge in [-0.1, -0.05) is 13.0 Å². The molecule has 2 aromatic rings. The molecule has 2 heterocycles. The van der Waals surface area contributed by atoms with Crippen LogP contribution in [0.1, 0.15) is 41.4 Å². The third-order valence-corrected chi connectivity index (χ3v) is 4.89. The molecule has 1 fully saturated rings. The fourth-order valence-corrected chi connectivity index (χ4v) is 2.99. The van der Waals surface area contributed by atoms with Crippen LogP contribution in [-0.2, 0) is 0 Å². The zero-order valence-corrected chi connectivity index (χ0v) is 14.7. The first-order valence-corrected chi connectivity index (χ1v) is 8.62. The quantitative estimate of drug-likeness (QED) is 0.921. The van der Waals surface area contributed by atoms with Crippen molar-refractivity contribution >= 4 is 17.3 Å². The van der Waals surface area contributed by atoms with Crippen LogP contribution in [0.3, 0.4) is 0 Å². The van der Waals surface area contributed by atoms with Gasteiger partial charge in [-0.05, 0) is 68.0 Å². The average Bonchev–Trinajstić information content (AvgIpc) is 2.59. The molecule has 4 nitrogen and oxygen atoms in total. The molecule has 24 heavy (non-hydrogen) atoms. The molecule has 0 saturated carbocycles. The van der Waals surface area contributed by atoms with Gasteiger partial charge in [0.05, 0.1) is 11.9 Å². The molecule has 0 aliphatic carbocycles. The second-order valence-electron chi connectivity index (χ2n) is 6.82. The summed E-state index contributed by atoms with van der Waals surface area (Å²) in [6.45, 7) is 8.53. The molecule has 0 bridgehead atoms. The van der Waals surface area contributed by atoms with Gasteiger partial charge in [-0.2, -0.15) is 0 Å². The molecular weight excluding hydrogens is 298 g/mol. The van der Waals surface area contributed by atoms with Gasteiger partial charge in [-0.15, -0.1) is 0 Å². The van der Waals surface area contributed by atoms with E-state index in [4.69, 9.17) is 0 Å². The van der Waals surface area contributed by atoms with Gasteiger partial charge < -0.3 is 10.2 Å². The van der Waals surface area contributed by atoms with Crippen molar-refractivity contribution in [1.82, 2.24) is 4.98 Å². The number of carbonyl (C=O) groups is 1. The van der Waals surface area contributed by atoms with Gasteiger partial charge in [-0.25, -0.2) is 4.98 Å². The van der Waals surface area contributed by atoms with E-state index in [1.807, 2.05) is 43.5 Å². The molecule has 1 amide bonds. The third-order valence-electron chi connectivity index (χ3n) is 4.89. The predicted molar refractivity (Wildman–Crippen MR) is 98.7 cm³/mol. The van der Waals surface area contributed by atoms with Gasteiger partial charge in [0, 0.05) is 18.8 Å². The number of piperidine rings is 1. The molecule has 0 spiro atoms. The lowest BCUT2D eigenvalue weighted by molar-refractivity contribution is 0.102. The second-order valence-corrected chi connectivity index (χ2v) is 6.82. The summed E-state index contributed by atoms with van der Waals surface area (Å²) in [5.74, 6) is 0.634. The van der Waals surface area contributed by atoms with E-state index in [1.165, 1.54) is 18.4 Å². The van der Waals surface area contributed by atoms with Crippen LogP contribution < -0.4 is 10.2 Å². The number of pyridine rings is 1. The highest BCUT2D eigenvalue weighted by atomic mass is 16.1. The molecular formula is C20H25N3O. The Hall–Kier alpha value is -2.36. The van der Waals surface area contributed by atoms with Crippen LogP contribution in [0.25, 0.3) is 0 Å². The average molecular weight is 323 g/mol. The third kappa shape index (κ3) is 3.75. The van der Waals surface area contributed by atoms with Crippen molar-refractivity contribution in [1.29, 1.82) is 0 Å². The van der Waals surface area contributed by atoms with E-state index >= 15 is 0 Å². The number of hydrogen-bond acceptors (Lipinski definition) is 3. The van der Waals surface area contributed by atoms with Crippen LogP contribution in [0.5, 0.6) is 0 Å². The number of nitrogens with zero attached hydrogens (tertiary/aromatic N) is 2. The van der Waals surface area contributed by atoms with Gasteiger partial charge >= 0.3 is 0 Å². The van der Waals surface area contributed by atoms with E-state index < -0.39 is 0 Å². The van der Waals surface area contributed by atoms with Gasteiger partial charge in [0.15, 0.2) is 0 Å². The van der Waals surface area contributed by atoms with Gasteiger partial charge in [0.1, 0.15) is 5.69 Å². The normalized spacial score (nSPS) is 15.4. The standard InChI is InChI=1S/C20H25N3O/c1-14-8-10-23(11-9-14)18-6-7-19(21-13-18)20(24)22-17-5-4-15(2)16(3)12-17/h4-7,12-14H,8-11H2,1-3H3,(H,22,24). The number of aromatic nitrogens is 1. The Morgan fingerprint density at radius 1 is 1.12 bits per heavy atom. The molecule has 0 atom stereocenters. The summed E-state index contributed by atoms with van der Waals surface area (Å²) in [5, 5.41) is 2.92. The highest BCUT2D eigenvalue weighted by Crippen LogP contribution is 2.22. The molecule has 1 saturated heterocycles. The minimum atomic E-state index is -0.169. The number of amides is 1. The molecule has 1 aliphatic heterocycles. The summed E-state index contributed by atoms with van der Waals surface area (Å²) in [6.07, 6.45) is 4.25. The van der Waals surface area contributed by atoms with Gasteiger partial charge in [0.2, 0.25) is 0 Å². The number of rotatable bonds is 3. The first-order chi connectivity index (χ1) is 11.5. The summed E-state index contributed by atoms with van der Waals surface area (Å²) in [5.41, 5.74) is 4.73. The summed E-state index contributed by atoms with van der Waals surface area (Å²) in [6, 6.07) is 9.72. The van der Waals surface area contributed by atoms with Crippen molar-refractivity contribution in [2.45, 2.75) is 33.6 Å². The van der Waals surface area contributed by atoms with Crippen molar-refractivity contribution in [3.63, 3.8) is 0 Å². The maximum absolute atomic E-state index is 12.4. The Labute approximate surface area is 143 Å². The minimum absolute atomic E-state index is 0.169. The largest absolute Gasteiger partial charge is 0.370 e. The molecule has 1 aromatic carbocycles. The Morgan fingerprint density at radius 2 is 1.88 bits per heavy atom. The number of nitrogens with one attached hydrogen (secondary N) is 1. The highest BCUT2D eigenvalue weighted by Gasteiger charge is 2.17. The van der Waals surface area contributed by atoms with E-state index in [2.05, 4.69) is 29.0 Å². The Bertz CT molecular complexity index is 716. The van der Waals surface area contributed by atoms with Gasteiger partial charge in [0.25, 0.3) is 5.91 Å². The fraction of sp³-hybridized carbons (Fsp3) is 0.400. The van der Waals surface area contributed by atoms with Crippen LogP contribution >= 0.6 is 0 Å². The van der Waals surface area contributed by atoms with E-state index in [-0.39, 0.29) is 5.91 Å². The molecule has 0 unspecified atom stereocenters. The summed E-state index contributed by atoms with van der Waals surface area (Å²) >= 11 is 0. The Balaban J connectivity index is 1.66. The lowest BCUT2D eigenvalue weighted by Gasteiger charge is -2.31. The van der Waals surface area contributed by atoms with Crippen LogP contribution in [0.4, 0.5) is 11.4 Å². The summed E-state index contributed by atoms with van der Waals surface area (Å²) in [4.78, 5) is 19.1. The molecule has 1 N–H and O–H groups in total. The first kappa shape index (κ1) is 16.5. The van der Waals surface area contributed by atoms with E-state index in [0.29, 0.717) is 5.69 Å². The number of anilines is 2.